The van der Waals surface area contributed by atoms with Crippen LogP contribution in [0.2, 0.25) is 0 Å². The van der Waals surface area contributed by atoms with Crippen molar-refractivity contribution in [2.24, 2.45) is 5.14 Å². The highest BCUT2D eigenvalue weighted by molar-refractivity contribution is 7.89. The standard InChI is InChI=1S/C13H17FN2O4S/c1-13(12(17)18)6-2-3-7-16(13)11-5-4-9(8-10(11)14)21(15,19)20/h4-5,8H,2-3,6-7H2,1H3,(H,17,18)(H2,15,19,20). The number of nitrogens with two attached hydrogens (primary N) is 1. The number of carboxylic acids is 1. The summed E-state index contributed by atoms with van der Waals surface area (Å²) >= 11 is 0. The summed E-state index contributed by atoms with van der Waals surface area (Å²) in [6.07, 6.45) is 1.90. The predicted molar refractivity (Wildman–Crippen MR) is 75.0 cm³/mol. The Morgan fingerprint density at radius 1 is 1.43 bits per heavy atom. The Labute approximate surface area is 122 Å². The Morgan fingerprint density at radius 2 is 2.10 bits per heavy atom. The van der Waals surface area contributed by atoms with Gasteiger partial charge in [0, 0.05) is 6.54 Å². The van der Waals surface area contributed by atoms with Crippen LogP contribution in [0, 0.1) is 5.82 Å². The summed E-state index contributed by atoms with van der Waals surface area (Å²) in [5.41, 5.74) is -1.13. The number of primary sulfonamides is 1. The topological polar surface area (TPSA) is 101 Å². The minimum atomic E-state index is -3.99. The number of carbonyl (C=O) groups is 1. The molecule has 1 fully saturated rings. The van der Waals surface area contributed by atoms with Crippen molar-refractivity contribution >= 4 is 21.7 Å². The van der Waals surface area contributed by atoms with Crippen molar-refractivity contribution in [3.05, 3.63) is 24.0 Å². The predicted octanol–water partition coefficient (Wildman–Crippen LogP) is 1.31. The third-order valence-corrected chi connectivity index (χ3v) is 4.80. The lowest BCUT2D eigenvalue weighted by molar-refractivity contribution is -0.143. The van der Waals surface area contributed by atoms with Crippen molar-refractivity contribution in [1.29, 1.82) is 0 Å². The molecule has 1 atom stereocenters. The summed E-state index contributed by atoms with van der Waals surface area (Å²) in [5.74, 6) is -1.83. The van der Waals surface area contributed by atoms with Gasteiger partial charge >= 0.3 is 5.97 Å². The monoisotopic (exact) mass is 316 g/mol. The lowest BCUT2D eigenvalue weighted by atomic mass is 9.88. The van der Waals surface area contributed by atoms with Crippen LogP contribution >= 0.6 is 0 Å². The molecule has 21 heavy (non-hydrogen) atoms. The molecule has 1 aliphatic heterocycles. The van der Waals surface area contributed by atoms with Gasteiger partial charge in [-0.15, -0.1) is 0 Å². The van der Waals surface area contributed by atoms with Crippen LogP contribution in [-0.2, 0) is 14.8 Å². The minimum absolute atomic E-state index is 0.0759. The van der Waals surface area contributed by atoms with Gasteiger partial charge in [-0.25, -0.2) is 22.7 Å². The maximum absolute atomic E-state index is 14.2. The average Bonchev–Trinajstić information content (AvgIpc) is 2.38. The van der Waals surface area contributed by atoms with Crippen LogP contribution < -0.4 is 10.0 Å². The molecule has 1 saturated heterocycles. The van der Waals surface area contributed by atoms with Gasteiger partial charge in [-0.1, -0.05) is 0 Å². The highest BCUT2D eigenvalue weighted by Crippen LogP contribution is 2.35. The molecule has 0 radical (unpaired) electrons. The molecular formula is C13H17FN2O4S. The number of hydrogen-bond acceptors (Lipinski definition) is 4. The number of anilines is 1. The van der Waals surface area contributed by atoms with E-state index in [2.05, 4.69) is 0 Å². The van der Waals surface area contributed by atoms with Crippen molar-refractivity contribution in [3.8, 4) is 0 Å². The quantitative estimate of drug-likeness (QED) is 0.875. The molecule has 1 aliphatic rings. The average molecular weight is 316 g/mol. The van der Waals surface area contributed by atoms with Crippen molar-refractivity contribution in [3.63, 3.8) is 0 Å². The van der Waals surface area contributed by atoms with Gasteiger partial charge < -0.3 is 10.0 Å². The Kier molecular flexibility index (Phi) is 3.94. The van der Waals surface area contributed by atoms with Crippen LogP contribution in [0.3, 0.4) is 0 Å². The lowest BCUT2D eigenvalue weighted by Crippen LogP contribution is -2.55. The summed E-state index contributed by atoms with van der Waals surface area (Å²) in [7, 11) is -3.99. The number of hydrogen-bond donors (Lipinski definition) is 2. The van der Waals surface area contributed by atoms with Gasteiger partial charge in [-0.3, -0.25) is 0 Å². The van der Waals surface area contributed by atoms with E-state index in [-0.39, 0.29) is 10.6 Å². The van der Waals surface area contributed by atoms with E-state index >= 15 is 0 Å². The normalized spacial score (nSPS) is 23.1. The molecule has 0 aromatic heterocycles. The van der Waals surface area contributed by atoms with Crippen LogP contribution in [0.25, 0.3) is 0 Å². The number of benzene rings is 1. The number of nitrogens with zero attached hydrogens (tertiary/aromatic N) is 1. The fraction of sp³-hybridized carbons (Fsp3) is 0.462. The van der Waals surface area contributed by atoms with Gasteiger partial charge in [0.05, 0.1) is 10.6 Å². The van der Waals surface area contributed by atoms with Crippen LogP contribution in [0.4, 0.5) is 10.1 Å². The molecule has 116 valence electrons. The molecule has 2 rings (SSSR count). The largest absolute Gasteiger partial charge is 0.480 e. The summed E-state index contributed by atoms with van der Waals surface area (Å²) < 4.78 is 36.6. The maximum Gasteiger partial charge on any atom is 0.329 e. The fourth-order valence-corrected chi connectivity index (χ4v) is 3.14. The van der Waals surface area contributed by atoms with Gasteiger partial charge in [0.25, 0.3) is 0 Å². The van der Waals surface area contributed by atoms with E-state index in [1.54, 1.807) is 6.92 Å². The molecule has 1 aromatic carbocycles. The van der Waals surface area contributed by atoms with Crippen molar-refractivity contribution in [2.75, 3.05) is 11.4 Å². The van der Waals surface area contributed by atoms with Crippen molar-refractivity contribution < 1.29 is 22.7 Å². The Hall–Kier alpha value is -1.67. The molecule has 3 N–H and O–H groups in total. The van der Waals surface area contributed by atoms with Crippen LogP contribution in [0.1, 0.15) is 26.2 Å². The Balaban J connectivity index is 2.48. The zero-order valence-corrected chi connectivity index (χ0v) is 12.4. The first-order chi connectivity index (χ1) is 9.66. The smallest absolute Gasteiger partial charge is 0.329 e. The van der Waals surface area contributed by atoms with Crippen LogP contribution in [0.15, 0.2) is 23.1 Å². The maximum atomic E-state index is 14.2. The van der Waals surface area contributed by atoms with E-state index in [0.29, 0.717) is 13.0 Å². The Bertz CT molecular complexity index is 677. The number of rotatable bonds is 3. The molecule has 1 heterocycles. The molecule has 8 heteroatoms. The van der Waals surface area contributed by atoms with E-state index in [1.165, 1.54) is 17.0 Å². The number of halogens is 1. The van der Waals surface area contributed by atoms with Gasteiger partial charge in [0.1, 0.15) is 11.4 Å². The molecule has 0 saturated carbocycles. The van der Waals surface area contributed by atoms with E-state index < -0.39 is 27.3 Å². The van der Waals surface area contributed by atoms with E-state index in [9.17, 15) is 22.7 Å². The lowest BCUT2D eigenvalue weighted by Gasteiger charge is -2.43. The second-order valence-corrected chi connectivity index (χ2v) is 6.91. The molecule has 1 aromatic rings. The molecular weight excluding hydrogens is 299 g/mol. The summed E-state index contributed by atoms with van der Waals surface area (Å²) in [6.45, 7) is 1.94. The third-order valence-electron chi connectivity index (χ3n) is 3.89. The van der Waals surface area contributed by atoms with Gasteiger partial charge in [0.15, 0.2) is 0 Å². The summed E-state index contributed by atoms with van der Waals surface area (Å²) in [5, 5.41) is 14.4. The molecule has 0 spiro atoms. The SMILES string of the molecule is CC1(C(=O)O)CCCCN1c1ccc(S(N)(=O)=O)cc1F. The zero-order chi connectivity index (χ0) is 15.8. The highest BCUT2D eigenvalue weighted by Gasteiger charge is 2.42. The Morgan fingerprint density at radius 3 is 2.62 bits per heavy atom. The third kappa shape index (κ3) is 2.86. The fourth-order valence-electron chi connectivity index (χ4n) is 2.61. The number of piperidine rings is 1. The molecule has 6 nitrogen and oxygen atoms in total. The van der Waals surface area contributed by atoms with Gasteiger partial charge in [-0.05, 0) is 44.4 Å². The number of sulfonamides is 1. The van der Waals surface area contributed by atoms with Gasteiger partial charge in [-0.2, -0.15) is 0 Å². The summed E-state index contributed by atoms with van der Waals surface area (Å²) in [6, 6.07) is 3.27. The second kappa shape index (κ2) is 5.27. The zero-order valence-electron chi connectivity index (χ0n) is 11.5. The summed E-state index contributed by atoms with van der Waals surface area (Å²) in [4.78, 5) is 12.7. The minimum Gasteiger partial charge on any atom is -0.480 e. The second-order valence-electron chi connectivity index (χ2n) is 5.35. The number of carboxylic acid groups (broad SMARTS) is 1. The molecule has 0 aliphatic carbocycles. The molecule has 0 bridgehead atoms. The van der Waals surface area contributed by atoms with E-state index in [4.69, 9.17) is 5.14 Å². The van der Waals surface area contributed by atoms with Crippen LogP contribution in [-0.4, -0.2) is 31.6 Å². The van der Waals surface area contributed by atoms with Crippen molar-refractivity contribution in [2.45, 2.75) is 36.6 Å². The molecule has 1 unspecified atom stereocenters. The molecule has 0 amide bonds. The van der Waals surface area contributed by atoms with Crippen LogP contribution in [0.5, 0.6) is 0 Å². The first kappa shape index (κ1) is 15.7. The number of aliphatic carboxylic acids is 1. The van der Waals surface area contributed by atoms with Crippen molar-refractivity contribution in [1.82, 2.24) is 0 Å². The first-order valence-electron chi connectivity index (χ1n) is 6.49. The first-order valence-corrected chi connectivity index (χ1v) is 8.04. The van der Waals surface area contributed by atoms with Gasteiger partial charge in [0.2, 0.25) is 10.0 Å². The van der Waals surface area contributed by atoms with E-state index in [1.807, 2.05) is 0 Å². The van der Waals surface area contributed by atoms with E-state index in [0.717, 1.165) is 18.9 Å². The highest BCUT2D eigenvalue weighted by atomic mass is 32.2.